The Morgan fingerprint density at radius 1 is 1.15 bits per heavy atom. The second kappa shape index (κ2) is 6.83. The number of piperidine rings is 1. The summed E-state index contributed by atoms with van der Waals surface area (Å²) < 4.78 is 18.7. The van der Waals surface area contributed by atoms with Crippen LogP contribution < -0.4 is 4.74 Å². The molecule has 134 valence electrons. The molecule has 1 saturated heterocycles. The molecule has 5 heteroatoms. The predicted molar refractivity (Wildman–Crippen MR) is 99.1 cm³/mol. The number of halogens is 1. The van der Waals surface area contributed by atoms with Crippen molar-refractivity contribution in [2.75, 3.05) is 20.2 Å². The van der Waals surface area contributed by atoms with Crippen molar-refractivity contribution in [2.45, 2.75) is 18.8 Å². The summed E-state index contributed by atoms with van der Waals surface area (Å²) >= 11 is 0. The SMILES string of the molecule is COc1ccccc1C(=O)N1CCC(c2cc3cc(F)ccc3[nH]2)CC1. The molecule has 1 aromatic heterocycles. The Balaban J connectivity index is 1.47. The van der Waals surface area contributed by atoms with Crippen LogP contribution in [0.25, 0.3) is 10.9 Å². The molecular formula is C21H21FN2O2. The first kappa shape index (κ1) is 16.6. The third kappa shape index (κ3) is 3.05. The number of methoxy groups -OCH3 is 1. The van der Waals surface area contributed by atoms with Gasteiger partial charge in [0, 0.05) is 35.6 Å². The van der Waals surface area contributed by atoms with E-state index in [0.29, 0.717) is 30.3 Å². The number of benzene rings is 2. The van der Waals surface area contributed by atoms with Crippen LogP contribution >= 0.6 is 0 Å². The minimum atomic E-state index is -0.222. The first-order valence-corrected chi connectivity index (χ1v) is 8.86. The Labute approximate surface area is 151 Å². The molecule has 0 spiro atoms. The largest absolute Gasteiger partial charge is 0.496 e. The van der Waals surface area contributed by atoms with E-state index < -0.39 is 0 Å². The third-order valence-corrected chi connectivity index (χ3v) is 5.16. The molecule has 0 bridgehead atoms. The van der Waals surface area contributed by atoms with Gasteiger partial charge < -0.3 is 14.6 Å². The van der Waals surface area contributed by atoms with Gasteiger partial charge in [0.1, 0.15) is 11.6 Å². The van der Waals surface area contributed by atoms with Gasteiger partial charge in [-0.1, -0.05) is 12.1 Å². The molecule has 26 heavy (non-hydrogen) atoms. The molecule has 1 aliphatic rings. The van der Waals surface area contributed by atoms with Gasteiger partial charge in [-0.25, -0.2) is 4.39 Å². The summed E-state index contributed by atoms with van der Waals surface area (Å²) in [6.07, 6.45) is 1.77. The number of hydrogen-bond acceptors (Lipinski definition) is 2. The lowest BCUT2D eigenvalue weighted by Gasteiger charge is -2.32. The molecule has 4 nitrogen and oxygen atoms in total. The van der Waals surface area contributed by atoms with Crippen molar-refractivity contribution in [1.82, 2.24) is 9.88 Å². The fourth-order valence-corrected chi connectivity index (χ4v) is 3.73. The van der Waals surface area contributed by atoms with Gasteiger partial charge in [-0.2, -0.15) is 0 Å². The summed E-state index contributed by atoms with van der Waals surface area (Å²) in [6.45, 7) is 1.40. The zero-order valence-corrected chi connectivity index (χ0v) is 14.7. The van der Waals surface area contributed by atoms with Crippen molar-refractivity contribution in [3.63, 3.8) is 0 Å². The number of aromatic amines is 1. The van der Waals surface area contributed by atoms with Crippen LogP contribution in [0.4, 0.5) is 4.39 Å². The summed E-state index contributed by atoms with van der Waals surface area (Å²) in [4.78, 5) is 18.1. The van der Waals surface area contributed by atoms with E-state index in [-0.39, 0.29) is 11.7 Å². The third-order valence-electron chi connectivity index (χ3n) is 5.16. The van der Waals surface area contributed by atoms with Crippen LogP contribution in [0.15, 0.2) is 48.5 Å². The topological polar surface area (TPSA) is 45.3 Å². The van der Waals surface area contributed by atoms with Crippen molar-refractivity contribution in [3.8, 4) is 5.75 Å². The van der Waals surface area contributed by atoms with Gasteiger partial charge in [0.25, 0.3) is 5.91 Å². The average Bonchev–Trinajstić information content (AvgIpc) is 3.10. The number of para-hydroxylation sites is 1. The predicted octanol–water partition coefficient (Wildman–Crippen LogP) is 4.34. The van der Waals surface area contributed by atoms with Crippen molar-refractivity contribution < 1.29 is 13.9 Å². The van der Waals surface area contributed by atoms with Gasteiger partial charge in [0.05, 0.1) is 12.7 Å². The number of amides is 1. The number of nitrogens with one attached hydrogen (secondary N) is 1. The summed E-state index contributed by atoms with van der Waals surface area (Å²) in [5, 5.41) is 0.896. The monoisotopic (exact) mass is 352 g/mol. The molecule has 1 N–H and O–H groups in total. The lowest BCUT2D eigenvalue weighted by atomic mass is 9.93. The number of nitrogens with zero attached hydrogens (tertiary/aromatic N) is 1. The molecule has 1 amide bonds. The number of aromatic nitrogens is 1. The Bertz CT molecular complexity index is 942. The van der Waals surface area contributed by atoms with Gasteiger partial charge >= 0.3 is 0 Å². The van der Waals surface area contributed by atoms with Crippen molar-refractivity contribution in [2.24, 2.45) is 0 Å². The maximum absolute atomic E-state index is 13.4. The molecule has 2 aromatic carbocycles. The molecule has 0 unspecified atom stereocenters. The fraction of sp³-hybridized carbons (Fsp3) is 0.286. The molecule has 1 fully saturated rings. The number of rotatable bonds is 3. The highest BCUT2D eigenvalue weighted by Crippen LogP contribution is 2.31. The normalized spacial score (nSPS) is 15.4. The van der Waals surface area contributed by atoms with Gasteiger partial charge in [0.2, 0.25) is 0 Å². The molecule has 0 radical (unpaired) electrons. The molecule has 4 rings (SSSR count). The standard InChI is InChI=1S/C21H21FN2O2/c1-26-20-5-3-2-4-17(20)21(25)24-10-8-14(9-11-24)19-13-15-12-16(22)6-7-18(15)23-19/h2-7,12-14,23H,8-11H2,1H3. The van der Waals surface area contributed by atoms with E-state index in [1.807, 2.05) is 29.2 Å². The maximum atomic E-state index is 13.4. The summed E-state index contributed by atoms with van der Waals surface area (Å²) in [7, 11) is 1.58. The minimum Gasteiger partial charge on any atom is -0.496 e. The van der Waals surface area contributed by atoms with Crippen LogP contribution in [0.3, 0.4) is 0 Å². The quantitative estimate of drug-likeness (QED) is 0.762. The van der Waals surface area contributed by atoms with Crippen LogP contribution in [-0.2, 0) is 0 Å². The molecule has 1 aliphatic heterocycles. The minimum absolute atomic E-state index is 0.0135. The van der Waals surface area contributed by atoms with E-state index in [9.17, 15) is 9.18 Å². The number of H-pyrrole nitrogens is 1. The van der Waals surface area contributed by atoms with Crippen LogP contribution in [0, 0.1) is 5.82 Å². The van der Waals surface area contributed by atoms with Crippen LogP contribution in [0.2, 0.25) is 0 Å². The van der Waals surface area contributed by atoms with Crippen LogP contribution in [0.5, 0.6) is 5.75 Å². The number of likely N-dealkylation sites (tertiary alicyclic amines) is 1. The van der Waals surface area contributed by atoms with E-state index >= 15 is 0 Å². The smallest absolute Gasteiger partial charge is 0.257 e. The Morgan fingerprint density at radius 3 is 2.69 bits per heavy atom. The van der Waals surface area contributed by atoms with Crippen molar-refractivity contribution >= 4 is 16.8 Å². The zero-order valence-electron chi connectivity index (χ0n) is 14.7. The van der Waals surface area contributed by atoms with E-state index in [4.69, 9.17) is 4.74 Å². The Morgan fingerprint density at radius 2 is 1.92 bits per heavy atom. The summed E-state index contributed by atoms with van der Waals surface area (Å²) in [6, 6.07) is 14.2. The second-order valence-electron chi connectivity index (χ2n) is 6.72. The number of carbonyl (C=O) groups excluding carboxylic acids is 1. The average molecular weight is 352 g/mol. The lowest BCUT2D eigenvalue weighted by molar-refractivity contribution is 0.0709. The first-order chi connectivity index (χ1) is 12.7. The molecular weight excluding hydrogens is 331 g/mol. The van der Waals surface area contributed by atoms with Gasteiger partial charge in [-0.05, 0) is 49.2 Å². The molecule has 2 heterocycles. The number of fused-ring (bicyclic) bond motifs is 1. The van der Waals surface area contributed by atoms with Crippen LogP contribution in [-0.4, -0.2) is 36.0 Å². The van der Waals surface area contributed by atoms with Gasteiger partial charge in [-0.3, -0.25) is 4.79 Å². The van der Waals surface area contributed by atoms with E-state index in [1.54, 1.807) is 25.3 Å². The van der Waals surface area contributed by atoms with Crippen LogP contribution in [0.1, 0.15) is 34.8 Å². The maximum Gasteiger partial charge on any atom is 0.257 e. The summed E-state index contributed by atoms with van der Waals surface area (Å²) in [5.74, 6) is 0.754. The first-order valence-electron chi connectivity index (χ1n) is 8.86. The molecule has 0 atom stereocenters. The highest BCUT2D eigenvalue weighted by Gasteiger charge is 2.26. The van der Waals surface area contributed by atoms with Gasteiger partial charge in [0.15, 0.2) is 0 Å². The molecule has 0 aliphatic carbocycles. The highest BCUT2D eigenvalue weighted by molar-refractivity contribution is 5.97. The van der Waals surface area contributed by atoms with Crippen molar-refractivity contribution in [1.29, 1.82) is 0 Å². The van der Waals surface area contributed by atoms with E-state index in [1.165, 1.54) is 6.07 Å². The van der Waals surface area contributed by atoms with Gasteiger partial charge in [-0.15, -0.1) is 0 Å². The Hall–Kier alpha value is -2.82. The van der Waals surface area contributed by atoms with Crippen molar-refractivity contribution in [3.05, 3.63) is 65.6 Å². The van der Waals surface area contributed by atoms with E-state index in [2.05, 4.69) is 4.98 Å². The number of hydrogen-bond donors (Lipinski definition) is 1. The Kier molecular flexibility index (Phi) is 4.37. The molecule has 0 saturated carbocycles. The number of ether oxygens (including phenoxy) is 1. The second-order valence-corrected chi connectivity index (χ2v) is 6.72. The molecule has 3 aromatic rings. The lowest BCUT2D eigenvalue weighted by Crippen LogP contribution is -2.38. The fourth-order valence-electron chi connectivity index (χ4n) is 3.73. The summed E-state index contributed by atoms with van der Waals surface area (Å²) in [5.41, 5.74) is 2.68. The highest BCUT2D eigenvalue weighted by atomic mass is 19.1. The van der Waals surface area contributed by atoms with E-state index in [0.717, 1.165) is 29.4 Å². The number of carbonyl (C=O) groups is 1. The zero-order chi connectivity index (χ0) is 18.1.